The SMILES string of the molecule is Cc1nc(C(=O)Nc2ncccn2)c2ccccn12. The minimum Gasteiger partial charge on any atom is -0.303 e. The molecule has 1 N–H and O–H groups in total. The lowest BCUT2D eigenvalue weighted by Crippen LogP contribution is -2.14. The number of pyridine rings is 1. The first-order valence-corrected chi connectivity index (χ1v) is 5.78. The van der Waals surface area contributed by atoms with Crippen LogP contribution in [0.3, 0.4) is 0 Å². The number of aromatic nitrogens is 4. The van der Waals surface area contributed by atoms with E-state index in [0.717, 1.165) is 11.3 Å². The van der Waals surface area contributed by atoms with Crippen LogP contribution in [-0.4, -0.2) is 25.3 Å². The summed E-state index contributed by atoms with van der Waals surface area (Å²) in [7, 11) is 0. The van der Waals surface area contributed by atoms with Crippen molar-refractivity contribution >= 4 is 17.4 Å². The molecule has 0 bridgehead atoms. The first kappa shape index (κ1) is 11.3. The van der Waals surface area contributed by atoms with Crippen LogP contribution in [0.2, 0.25) is 0 Å². The van der Waals surface area contributed by atoms with Gasteiger partial charge in [0.25, 0.3) is 5.91 Å². The molecular formula is C13H11N5O. The van der Waals surface area contributed by atoms with Gasteiger partial charge in [0.2, 0.25) is 5.95 Å². The molecule has 19 heavy (non-hydrogen) atoms. The zero-order valence-corrected chi connectivity index (χ0v) is 10.2. The molecule has 0 saturated heterocycles. The predicted molar refractivity (Wildman–Crippen MR) is 69.9 cm³/mol. The fourth-order valence-electron chi connectivity index (χ4n) is 1.88. The standard InChI is InChI=1S/C13H11N5O/c1-9-16-11(10-5-2-3-8-18(9)10)12(19)17-13-14-6-4-7-15-13/h2-8H,1H3,(H,14,15,17,19). The van der Waals surface area contributed by atoms with Crippen LogP contribution in [0.4, 0.5) is 5.95 Å². The average molecular weight is 253 g/mol. The second kappa shape index (κ2) is 4.49. The van der Waals surface area contributed by atoms with Crippen molar-refractivity contribution in [1.29, 1.82) is 0 Å². The fourth-order valence-corrected chi connectivity index (χ4v) is 1.88. The van der Waals surface area contributed by atoms with Crippen LogP contribution < -0.4 is 5.32 Å². The molecule has 3 rings (SSSR count). The molecular weight excluding hydrogens is 242 g/mol. The Kier molecular flexibility index (Phi) is 2.68. The molecule has 3 aromatic rings. The molecule has 0 unspecified atom stereocenters. The number of nitrogens with zero attached hydrogens (tertiary/aromatic N) is 4. The molecule has 1 amide bonds. The molecule has 94 valence electrons. The van der Waals surface area contributed by atoms with Gasteiger partial charge < -0.3 is 4.40 Å². The quantitative estimate of drug-likeness (QED) is 0.754. The lowest BCUT2D eigenvalue weighted by Gasteiger charge is -2.00. The third kappa shape index (κ3) is 2.03. The van der Waals surface area contributed by atoms with Crippen LogP contribution in [0.1, 0.15) is 16.3 Å². The van der Waals surface area contributed by atoms with E-state index < -0.39 is 0 Å². The summed E-state index contributed by atoms with van der Waals surface area (Å²) in [5.74, 6) is 0.708. The first-order valence-electron chi connectivity index (χ1n) is 5.78. The predicted octanol–water partition coefficient (Wildman–Crippen LogP) is 1.69. The highest BCUT2D eigenvalue weighted by molar-refractivity contribution is 6.06. The van der Waals surface area contributed by atoms with Crippen LogP contribution in [-0.2, 0) is 0 Å². The summed E-state index contributed by atoms with van der Waals surface area (Å²) in [4.78, 5) is 24.4. The molecule has 0 radical (unpaired) electrons. The van der Waals surface area contributed by atoms with Crippen LogP contribution in [0.25, 0.3) is 5.52 Å². The van der Waals surface area contributed by atoms with Crippen molar-refractivity contribution in [1.82, 2.24) is 19.4 Å². The van der Waals surface area contributed by atoms with Crippen LogP contribution >= 0.6 is 0 Å². The monoisotopic (exact) mass is 253 g/mol. The number of rotatable bonds is 2. The Morgan fingerprint density at radius 3 is 2.79 bits per heavy atom. The van der Waals surface area contributed by atoms with Gasteiger partial charge in [0.1, 0.15) is 5.82 Å². The van der Waals surface area contributed by atoms with Crippen molar-refractivity contribution < 1.29 is 4.79 Å². The van der Waals surface area contributed by atoms with E-state index in [1.807, 2.05) is 35.7 Å². The molecule has 0 fully saturated rings. The molecule has 0 spiro atoms. The van der Waals surface area contributed by atoms with Crippen molar-refractivity contribution in [2.24, 2.45) is 0 Å². The van der Waals surface area contributed by atoms with Gasteiger partial charge in [0.05, 0.1) is 5.52 Å². The fraction of sp³-hybridized carbons (Fsp3) is 0.0769. The van der Waals surface area contributed by atoms with Gasteiger partial charge >= 0.3 is 0 Å². The Balaban J connectivity index is 1.98. The normalized spacial score (nSPS) is 10.6. The molecule has 0 saturated carbocycles. The average Bonchev–Trinajstić information content (AvgIpc) is 2.78. The summed E-state index contributed by atoms with van der Waals surface area (Å²) in [5.41, 5.74) is 1.12. The van der Waals surface area contributed by atoms with Gasteiger partial charge in [-0.1, -0.05) is 6.07 Å². The van der Waals surface area contributed by atoms with E-state index in [1.54, 1.807) is 18.5 Å². The van der Waals surface area contributed by atoms with E-state index in [4.69, 9.17) is 0 Å². The summed E-state index contributed by atoms with van der Waals surface area (Å²) in [5, 5.41) is 2.63. The lowest BCUT2D eigenvalue weighted by molar-refractivity contribution is 0.102. The van der Waals surface area contributed by atoms with Gasteiger partial charge in [-0.2, -0.15) is 0 Å². The van der Waals surface area contributed by atoms with Crippen molar-refractivity contribution in [2.45, 2.75) is 6.92 Å². The minimum absolute atomic E-state index is 0.266. The molecule has 3 heterocycles. The van der Waals surface area contributed by atoms with Gasteiger partial charge in [-0.3, -0.25) is 10.1 Å². The number of anilines is 1. The zero-order chi connectivity index (χ0) is 13.2. The Morgan fingerprint density at radius 1 is 1.21 bits per heavy atom. The number of fused-ring (bicyclic) bond motifs is 1. The number of carbonyl (C=O) groups excluding carboxylic acids is 1. The smallest absolute Gasteiger partial charge is 0.278 e. The Morgan fingerprint density at radius 2 is 2.00 bits per heavy atom. The summed E-state index contributed by atoms with van der Waals surface area (Å²) < 4.78 is 1.86. The Bertz CT molecular complexity index is 735. The minimum atomic E-state index is -0.317. The molecule has 0 aliphatic heterocycles. The molecule has 0 aliphatic carbocycles. The second-order valence-corrected chi connectivity index (χ2v) is 3.99. The van der Waals surface area contributed by atoms with Crippen molar-refractivity contribution in [3.8, 4) is 0 Å². The molecule has 0 aliphatic rings. The number of nitrogens with one attached hydrogen (secondary N) is 1. The second-order valence-electron chi connectivity index (χ2n) is 3.99. The van der Waals surface area contributed by atoms with E-state index >= 15 is 0 Å². The van der Waals surface area contributed by atoms with E-state index in [2.05, 4.69) is 20.3 Å². The molecule has 0 atom stereocenters. The third-order valence-corrected chi connectivity index (χ3v) is 2.73. The zero-order valence-electron chi connectivity index (χ0n) is 10.2. The summed E-state index contributed by atoms with van der Waals surface area (Å²) in [6.45, 7) is 1.85. The number of carbonyl (C=O) groups is 1. The number of aryl methyl sites for hydroxylation is 1. The largest absolute Gasteiger partial charge is 0.303 e. The van der Waals surface area contributed by atoms with Crippen molar-refractivity contribution in [2.75, 3.05) is 5.32 Å². The maximum atomic E-state index is 12.2. The molecule has 6 heteroatoms. The molecule has 6 nitrogen and oxygen atoms in total. The highest BCUT2D eigenvalue weighted by Crippen LogP contribution is 2.13. The van der Waals surface area contributed by atoms with Crippen LogP contribution in [0.5, 0.6) is 0 Å². The summed E-state index contributed by atoms with van der Waals surface area (Å²) >= 11 is 0. The molecule has 3 aromatic heterocycles. The van der Waals surface area contributed by atoms with Gasteiger partial charge in [0.15, 0.2) is 5.69 Å². The first-order chi connectivity index (χ1) is 9.25. The third-order valence-electron chi connectivity index (χ3n) is 2.73. The number of imidazole rings is 1. The van der Waals surface area contributed by atoms with E-state index in [-0.39, 0.29) is 11.9 Å². The van der Waals surface area contributed by atoms with E-state index in [9.17, 15) is 4.79 Å². The number of amides is 1. The van der Waals surface area contributed by atoms with E-state index in [1.165, 1.54) is 0 Å². The van der Waals surface area contributed by atoms with Gasteiger partial charge in [0, 0.05) is 18.6 Å². The summed E-state index contributed by atoms with van der Waals surface area (Å²) in [6, 6.07) is 7.29. The van der Waals surface area contributed by atoms with Crippen LogP contribution in [0.15, 0.2) is 42.9 Å². The molecule has 0 aromatic carbocycles. The lowest BCUT2D eigenvalue weighted by atomic mass is 10.3. The van der Waals surface area contributed by atoms with Gasteiger partial charge in [-0.15, -0.1) is 0 Å². The highest BCUT2D eigenvalue weighted by Gasteiger charge is 2.16. The van der Waals surface area contributed by atoms with Crippen molar-refractivity contribution in [3.05, 3.63) is 54.4 Å². The maximum Gasteiger partial charge on any atom is 0.278 e. The highest BCUT2D eigenvalue weighted by atomic mass is 16.2. The van der Waals surface area contributed by atoms with Crippen LogP contribution in [0, 0.1) is 6.92 Å². The Labute approximate surface area is 109 Å². The van der Waals surface area contributed by atoms with Gasteiger partial charge in [-0.05, 0) is 25.1 Å². The Hall–Kier alpha value is -2.76. The van der Waals surface area contributed by atoms with E-state index in [0.29, 0.717) is 5.69 Å². The summed E-state index contributed by atoms with van der Waals surface area (Å²) in [6.07, 6.45) is 5.01. The number of hydrogen-bond donors (Lipinski definition) is 1. The maximum absolute atomic E-state index is 12.2. The van der Waals surface area contributed by atoms with Gasteiger partial charge in [-0.25, -0.2) is 15.0 Å². The topological polar surface area (TPSA) is 72.2 Å². The number of hydrogen-bond acceptors (Lipinski definition) is 4. The van der Waals surface area contributed by atoms with Crippen molar-refractivity contribution in [3.63, 3.8) is 0 Å².